The Morgan fingerprint density at radius 3 is 2.85 bits per heavy atom. The Balaban J connectivity index is 1.44. The lowest BCUT2D eigenvalue weighted by Gasteiger charge is -2.42. The van der Waals surface area contributed by atoms with Crippen molar-refractivity contribution in [1.29, 1.82) is 0 Å². The number of morpholine rings is 1. The summed E-state index contributed by atoms with van der Waals surface area (Å²) in [6.07, 6.45) is 3.03. The number of amides is 1. The molecule has 2 aromatic rings. The van der Waals surface area contributed by atoms with E-state index in [1.807, 2.05) is 42.2 Å². The standard InChI is InChI=1S/C20H25N3O2S/c1-16-14-26-18(21-16)12-22-10-5-8-20(9-11-22)15-23(19(24)13-25-20)17-6-3-2-4-7-17/h2-4,6-7,14H,5,8-13,15H2,1H3. The van der Waals surface area contributed by atoms with Gasteiger partial charge in [-0.05, 0) is 44.9 Å². The highest BCUT2D eigenvalue weighted by Crippen LogP contribution is 2.33. The smallest absolute Gasteiger partial charge is 0.253 e. The topological polar surface area (TPSA) is 45.7 Å². The van der Waals surface area contributed by atoms with E-state index in [1.54, 1.807) is 11.3 Å². The summed E-state index contributed by atoms with van der Waals surface area (Å²) in [6, 6.07) is 9.95. The van der Waals surface area contributed by atoms with Crippen molar-refractivity contribution in [2.45, 2.75) is 38.3 Å². The Labute approximate surface area is 158 Å². The van der Waals surface area contributed by atoms with Crippen molar-refractivity contribution < 1.29 is 9.53 Å². The number of ether oxygens (including phenoxy) is 1. The molecule has 3 heterocycles. The van der Waals surface area contributed by atoms with Gasteiger partial charge in [0.2, 0.25) is 0 Å². The minimum Gasteiger partial charge on any atom is -0.363 e. The van der Waals surface area contributed by atoms with Gasteiger partial charge in [0.05, 0.1) is 18.7 Å². The molecule has 0 aliphatic carbocycles. The number of anilines is 1. The molecule has 1 aromatic heterocycles. The van der Waals surface area contributed by atoms with E-state index in [9.17, 15) is 4.79 Å². The third-order valence-electron chi connectivity index (χ3n) is 5.33. The van der Waals surface area contributed by atoms with Gasteiger partial charge in [0.1, 0.15) is 11.6 Å². The second-order valence-corrected chi connectivity index (χ2v) is 8.24. The van der Waals surface area contributed by atoms with Gasteiger partial charge in [-0.3, -0.25) is 9.69 Å². The third kappa shape index (κ3) is 3.82. The zero-order valence-electron chi connectivity index (χ0n) is 15.2. The molecule has 1 amide bonds. The number of hydrogen-bond acceptors (Lipinski definition) is 5. The van der Waals surface area contributed by atoms with E-state index in [4.69, 9.17) is 4.74 Å². The number of para-hydroxylation sites is 1. The minimum absolute atomic E-state index is 0.0567. The van der Waals surface area contributed by atoms with Crippen molar-refractivity contribution in [3.05, 3.63) is 46.4 Å². The molecule has 0 N–H and O–H groups in total. The molecule has 0 radical (unpaired) electrons. The predicted molar refractivity (Wildman–Crippen MR) is 103 cm³/mol. The highest BCUT2D eigenvalue weighted by molar-refractivity contribution is 7.09. The summed E-state index contributed by atoms with van der Waals surface area (Å²) < 4.78 is 6.12. The van der Waals surface area contributed by atoms with Crippen LogP contribution < -0.4 is 4.90 Å². The Hall–Kier alpha value is -1.76. The number of thiazole rings is 1. The van der Waals surface area contributed by atoms with Crippen LogP contribution in [0.4, 0.5) is 5.69 Å². The van der Waals surface area contributed by atoms with E-state index in [1.165, 1.54) is 5.01 Å². The van der Waals surface area contributed by atoms with Crippen molar-refractivity contribution in [2.24, 2.45) is 0 Å². The predicted octanol–water partition coefficient (Wildman–Crippen LogP) is 3.24. The van der Waals surface area contributed by atoms with Crippen LogP contribution in [0.15, 0.2) is 35.7 Å². The normalized spacial score (nSPS) is 24.8. The highest BCUT2D eigenvalue weighted by atomic mass is 32.1. The van der Waals surface area contributed by atoms with Crippen molar-refractivity contribution in [1.82, 2.24) is 9.88 Å². The number of aromatic nitrogens is 1. The van der Waals surface area contributed by atoms with E-state index in [-0.39, 0.29) is 18.1 Å². The van der Waals surface area contributed by atoms with Crippen LogP contribution in [-0.4, -0.2) is 47.6 Å². The lowest BCUT2D eigenvalue weighted by molar-refractivity contribution is -0.140. The number of aryl methyl sites for hydroxylation is 1. The fourth-order valence-corrected chi connectivity index (χ4v) is 4.72. The van der Waals surface area contributed by atoms with E-state index in [0.717, 1.165) is 50.3 Å². The van der Waals surface area contributed by atoms with Gasteiger partial charge in [0.25, 0.3) is 5.91 Å². The van der Waals surface area contributed by atoms with Crippen molar-refractivity contribution >= 4 is 22.9 Å². The fourth-order valence-electron chi connectivity index (χ4n) is 3.91. The molecule has 138 valence electrons. The summed E-state index contributed by atoms with van der Waals surface area (Å²) in [5.74, 6) is 0.0567. The second-order valence-electron chi connectivity index (χ2n) is 7.30. The molecule has 5 nitrogen and oxygen atoms in total. The first-order valence-corrected chi connectivity index (χ1v) is 10.1. The van der Waals surface area contributed by atoms with Crippen molar-refractivity contribution in [3.8, 4) is 0 Å². The number of nitrogens with zero attached hydrogens (tertiary/aromatic N) is 3. The molecule has 26 heavy (non-hydrogen) atoms. The highest BCUT2D eigenvalue weighted by Gasteiger charge is 2.41. The summed E-state index contributed by atoms with van der Waals surface area (Å²) in [7, 11) is 0. The maximum Gasteiger partial charge on any atom is 0.253 e. The van der Waals surface area contributed by atoms with Crippen LogP contribution in [0.25, 0.3) is 0 Å². The minimum atomic E-state index is -0.225. The summed E-state index contributed by atoms with van der Waals surface area (Å²) >= 11 is 1.74. The van der Waals surface area contributed by atoms with Gasteiger partial charge in [0.15, 0.2) is 0 Å². The molecular weight excluding hydrogens is 346 g/mol. The summed E-state index contributed by atoms with van der Waals surface area (Å²) in [4.78, 5) is 21.4. The average molecular weight is 372 g/mol. The molecule has 0 saturated carbocycles. The van der Waals surface area contributed by atoms with Gasteiger partial charge >= 0.3 is 0 Å². The number of carbonyl (C=O) groups is 1. The molecule has 1 atom stereocenters. The van der Waals surface area contributed by atoms with E-state index >= 15 is 0 Å². The molecule has 4 rings (SSSR count). The van der Waals surface area contributed by atoms with Gasteiger partial charge in [-0.2, -0.15) is 0 Å². The number of carbonyl (C=O) groups excluding carboxylic acids is 1. The first-order chi connectivity index (χ1) is 12.6. The number of hydrogen-bond donors (Lipinski definition) is 0. The van der Waals surface area contributed by atoms with Gasteiger partial charge in [-0.25, -0.2) is 4.98 Å². The quantitative estimate of drug-likeness (QED) is 0.831. The zero-order valence-corrected chi connectivity index (χ0v) is 16.0. The van der Waals surface area contributed by atoms with E-state index in [2.05, 4.69) is 15.3 Å². The second kappa shape index (κ2) is 7.47. The Kier molecular flexibility index (Phi) is 5.07. The maximum atomic E-state index is 12.4. The van der Waals surface area contributed by atoms with Gasteiger partial charge < -0.3 is 9.64 Å². The van der Waals surface area contributed by atoms with Crippen LogP contribution in [0.2, 0.25) is 0 Å². The third-order valence-corrected chi connectivity index (χ3v) is 6.28. The van der Waals surface area contributed by atoms with Crippen LogP contribution in [0.3, 0.4) is 0 Å². The van der Waals surface area contributed by atoms with E-state index < -0.39 is 0 Å². The van der Waals surface area contributed by atoms with Crippen molar-refractivity contribution in [3.63, 3.8) is 0 Å². The van der Waals surface area contributed by atoms with Crippen LogP contribution in [-0.2, 0) is 16.1 Å². The molecule has 2 fully saturated rings. The first kappa shape index (κ1) is 17.6. The molecular formula is C20H25N3O2S. The Bertz CT molecular complexity index is 763. The lowest BCUT2D eigenvalue weighted by atomic mass is 9.92. The maximum absolute atomic E-state index is 12.4. The Morgan fingerprint density at radius 2 is 2.08 bits per heavy atom. The molecule has 2 aliphatic heterocycles. The molecule has 1 aromatic carbocycles. The molecule has 6 heteroatoms. The van der Waals surface area contributed by atoms with Crippen molar-refractivity contribution in [2.75, 3.05) is 31.1 Å². The van der Waals surface area contributed by atoms with Crippen LogP contribution in [0.5, 0.6) is 0 Å². The lowest BCUT2D eigenvalue weighted by Crippen LogP contribution is -2.55. The largest absolute Gasteiger partial charge is 0.363 e. The number of likely N-dealkylation sites (tertiary alicyclic amines) is 1. The summed E-state index contributed by atoms with van der Waals surface area (Å²) in [5.41, 5.74) is 1.85. The van der Waals surface area contributed by atoms with Crippen LogP contribution in [0.1, 0.15) is 30.0 Å². The summed E-state index contributed by atoms with van der Waals surface area (Å²) in [6.45, 7) is 5.83. The Morgan fingerprint density at radius 1 is 1.23 bits per heavy atom. The fraction of sp³-hybridized carbons (Fsp3) is 0.500. The van der Waals surface area contributed by atoms with Crippen LogP contribution >= 0.6 is 11.3 Å². The summed E-state index contributed by atoms with van der Waals surface area (Å²) in [5, 5.41) is 3.30. The monoisotopic (exact) mass is 371 g/mol. The average Bonchev–Trinajstić information content (AvgIpc) is 2.97. The molecule has 2 saturated heterocycles. The first-order valence-electron chi connectivity index (χ1n) is 9.26. The van der Waals surface area contributed by atoms with Crippen LogP contribution in [0, 0.1) is 6.92 Å². The van der Waals surface area contributed by atoms with Gasteiger partial charge in [-0.1, -0.05) is 18.2 Å². The molecule has 1 spiro atoms. The molecule has 0 bridgehead atoms. The van der Waals surface area contributed by atoms with Gasteiger partial charge in [-0.15, -0.1) is 11.3 Å². The SMILES string of the molecule is Cc1csc(CN2CCCC3(CC2)CN(c2ccccc2)C(=O)CO3)n1. The van der Waals surface area contributed by atoms with E-state index in [0.29, 0.717) is 6.54 Å². The zero-order chi connectivity index (χ0) is 18.0. The van der Waals surface area contributed by atoms with Gasteiger partial charge in [0, 0.05) is 23.3 Å². The number of benzene rings is 1. The molecule has 1 unspecified atom stereocenters. The molecule has 2 aliphatic rings. The number of rotatable bonds is 3.